The third-order valence-corrected chi connectivity index (χ3v) is 8.58. The van der Waals surface area contributed by atoms with Crippen LogP contribution in [0.1, 0.15) is 40.6 Å². The standard InChI is InChI=1S/C28H27N3O4S2/c1-17-12-13-20-22(16-17)37-25(24(20)27(34)35-2)30-23(32)14-15-36-28-29-21-11-7-6-10-19(21)26(33)31(28)18-8-4-3-5-9-18/h3-11,17H,12-16H2,1-2H3,(H,30,32). The van der Waals surface area contributed by atoms with E-state index in [-0.39, 0.29) is 17.9 Å². The fourth-order valence-electron chi connectivity index (χ4n) is 4.59. The van der Waals surface area contributed by atoms with E-state index in [1.165, 1.54) is 30.2 Å². The summed E-state index contributed by atoms with van der Waals surface area (Å²) < 4.78 is 6.61. The number of nitrogens with zero attached hydrogens (tertiary/aromatic N) is 2. The maximum absolute atomic E-state index is 13.3. The number of anilines is 1. The number of carbonyl (C=O) groups is 2. The monoisotopic (exact) mass is 533 g/mol. The number of thioether (sulfide) groups is 1. The van der Waals surface area contributed by atoms with Crippen molar-refractivity contribution in [1.29, 1.82) is 0 Å². The molecule has 9 heteroatoms. The van der Waals surface area contributed by atoms with Gasteiger partial charge >= 0.3 is 5.97 Å². The number of rotatable bonds is 7. The van der Waals surface area contributed by atoms with Gasteiger partial charge in [-0.05, 0) is 55.0 Å². The Labute approximate surface area is 222 Å². The molecule has 0 saturated heterocycles. The van der Waals surface area contributed by atoms with Crippen LogP contribution in [-0.2, 0) is 22.4 Å². The second kappa shape index (κ2) is 10.9. The second-order valence-corrected chi connectivity index (χ2v) is 11.2. The Balaban J connectivity index is 1.35. The molecule has 1 unspecified atom stereocenters. The number of esters is 1. The topological polar surface area (TPSA) is 90.3 Å². The van der Waals surface area contributed by atoms with Gasteiger partial charge in [-0.3, -0.25) is 14.2 Å². The van der Waals surface area contributed by atoms with Gasteiger partial charge in [0.1, 0.15) is 5.00 Å². The van der Waals surface area contributed by atoms with Crippen LogP contribution in [0.4, 0.5) is 5.00 Å². The van der Waals surface area contributed by atoms with E-state index in [2.05, 4.69) is 12.2 Å². The minimum Gasteiger partial charge on any atom is -0.465 e. The third-order valence-electron chi connectivity index (χ3n) is 6.47. The highest BCUT2D eigenvalue weighted by atomic mass is 32.2. The molecule has 0 fully saturated rings. The van der Waals surface area contributed by atoms with Crippen LogP contribution < -0.4 is 10.9 Å². The van der Waals surface area contributed by atoms with E-state index in [1.54, 1.807) is 10.6 Å². The average molecular weight is 534 g/mol. The SMILES string of the molecule is COC(=O)c1c(NC(=O)CCSc2nc3ccccc3c(=O)n2-c2ccccc2)sc2c1CCC(C)C2. The number of aromatic nitrogens is 2. The first-order valence-corrected chi connectivity index (χ1v) is 14.0. The molecule has 2 heterocycles. The molecule has 5 rings (SSSR count). The third kappa shape index (κ3) is 5.19. The molecule has 0 aliphatic heterocycles. The number of hydrogen-bond donors (Lipinski definition) is 1. The molecule has 7 nitrogen and oxygen atoms in total. The summed E-state index contributed by atoms with van der Waals surface area (Å²) >= 11 is 2.83. The normalized spacial score (nSPS) is 14.8. The molecule has 2 aromatic carbocycles. The highest BCUT2D eigenvalue weighted by Crippen LogP contribution is 2.40. The first-order chi connectivity index (χ1) is 18.0. The van der Waals surface area contributed by atoms with Gasteiger partial charge in [-0.15, -0.1) is 11.3 Å². The van der Waals surface area contributed by atoms with Gasteiger partial charge in [0, 0.05) is 17.1 Å². The highest BCUT2D eigenvalue weighted by Gasteiger charge is 2.28. The average Bonchev–Trinajstić information content (AvgIpc) is 3.25. The number of hydrogen-bond acceptors (Lipinski definition) is 7. The molecule has 1 aliphatic carbocycles. The molecule has 0 spiro atoms. The fraction of sp³-hybridized carbons (Fsp3) is 0.286. The minimum atomic E-state index is -0.413. The van der Waals surface area contributed by atoms with E-state index in [1.807, 2.05) is 48.5 Å². The van der Waals surface area contributed by atoms with E-state index in [0.29, 0.717) is 38.3 Å². The maximum atomic E-state index is 13.3. The van der Waals surface area contributed by atoms with Gasteiger partial charge in [-0.2, -0.15) is 0 Å². The van der Waals surface area contributed by atoms with Crippen LogP contribution in [0.25, 0.3) is 16.6 Å². The number of thiophene rings is 1. The Morgan fingerprint density at radius 3 is 2.70 bits per heavy atom. The molecular formula is C28H27N3O4S2. The fourth-order valence-corrected chi connectivity index (χ4v) is 6.96. The zero-order valence-corrected chi connectivity index (χ0v) is 22.3. The van der Waals surface area contributed by atoms with Crippen molar-refractivity contribution in [2.75, 3.05) is 18.2 Å². The Bertz CT molecular complexity index is 1530. The number of para-hydroxylation sites is 2. The van der Waals surface area contributed by atoms with Gasteiger partial charge in [-0.25, -0.2) is 9.78 Å². The lowest BCUT2D eigenvalue weighted by atomic mass is 9.88. The van der Waals surface area contributed by atoms with E-state index in [0.717, 1.165) is 35.4 Å². The van der Waals surface area contributed by atoms with E-state index in [9.17, 15) is 14.4 Å². The van der Waals surface area contributed by atoms with Gasteiger partial charge in [0.2, 0.25) is 5.91 Å². The number of fused-ring (bicyclic) bond motifs is 2. The summed E-state index contributed by atoms with van der Waals surface area (Å²) in [4.78, 5) is 44.6. The highest BCUT2D eigenvalue weighted by molar-refractivity contribution is 7.99. The van der Waals surface area contributed by atoms with Gasteiger partial charge in [0.05, 0.1) is 29.3 Å². The van der Waals surface area contributed by atoms with Crippen LogP contribution in [0.5, 0.6) is 0 Å². The molecule has 1 amide bonds. The van der Waals surface area contributed by atoms with Crippen LogP contribution in [-0.4, -0.2) is 34.3 Å². The smallest absolute Gasteiger partial charge is 0.341 e. The van der Waals surface area contributed by atoms with E-state index < -0.39 is 5.97 Å². The molecule has 0 saturated carbocycles. The molecule has 1 N–H and O–H groups in total. The van der Waals surface area contributed by atoms with Crippen molar-refractivity contribution in [3.63, 3.8) is 0 Å². The quantitative estimate of drug-likeness (QED) is 0.192. The molecule has 190 valence electrons. The van der Waals surface area contributed by atoms with Gasteiger partial charge in [0.15, 0.2) is 5.16 Å². The Kier molecular flexibility index (Phi) is 7.43. The summed E-state index contributed by atoms with van der Waals surface area (Å²) in [5, 5.41) is 4.58. The van der Waals surface area contributed by atoms with Crippen LogP contribution in [0.2, 0.25) is 0 Å². The second-order valence-electron chi connectivity index (χ2n) is 9.08. The first-order valence-electron chi connectivity index (χ1n) is 12.2. The lowest BCUT2D eigenvalue weighted by Crippen LogP contribution is -2.22. The van der Waals surface area contributed by atoms with Crippen LogP contribution in [0, 0.1) is 5.92 Å². The molecule has 0 radical (unpaired) electrons. The lowest BCUT2D eigenvalue weighted by Gasteiger charge is -2.18. The minimum absolute atomic E-state index is 0.148. The summed E-state index contributed by atoms with van der Waals surface area (Å²) in [6.45, 7) is 2.20. The summed E-state index contributed by atoms with van der Waals surface area (Å²) in [5.41, 5.74) is 2.69. The first kappa shape index (κ1) is 25.2. The predicted molar refractivity (Wildman–Crippen MR) is 148 cm³/mol. The Morgan fingerprint density at radius 1 is 1.16 bits per heavy atom. The Hall–Kier alpha value is -3.43. The number of ether oxygens (including phenoxy) is 1. The number of benzene rings is 2. The van der Waals surface area contributed by atoms with Crippen molar-refractivity contribution in [1.82, 2.24) is 9.55 Å². The summed E-state index contributed by atoms with van der Waals surface area (Å²) in [6.07, 6.45) is 2.93. The summed E-state index contributed by atoms with van der Waals surface area (Å²) in [7, 11) is 1.36. The van der Waals surface area contributed by atoms with Crippen molar-refractivity contribution >= 4 is 50.9 Å². The van der Waals surface area contributed by atoms with Gasteiger partial charge < -0.3 is 10.1 Å². The molecule has 1 aliphatic rings. The summed E-state index contributed by atoms with van der Waals surface area (Å²) in [6, 6.07) is 16.6. The van der Waals surface area contributed by atoms with Crippen molar-refractivity contribution < 1.29 is 14.3 Å². The van der Waals surface area contributed by atoms with Gasteiger partial charge in [0.25, 0.3) is 5.56 Å². The van der Waals surface area contributed by atoms with Crippen molar-refractivity contribution in [2.24, 2.45) is 5.92 Å². The largest absolute Gasteiger partial charge is 0.465 e. The molecule has 2 aromatic heterocycles. The molecule has 4 aromatic rings. The zero-order valence-electron chi connectivity index (χ0n) is 20.7. The molecule has 37 heavy (non-hydrogen) atoms. The van der Waals surface area contributed by atoms with Crippen LogP contribution in [0.3, 0.4) is 0 Å². The van der Waals surface area contributed by atoms with Gasteiger partial charge in [-0.1, -0.05) is 49.0 Å². The van der Waals surface area contributed by atoms with Crippen molar-refractivity contribution in [3.8, 4) is 5.69 Å². The number of amides is 1. The lowest BCUT2D eigenvalue weighted by molar-refractivity contribution is -0.115. The van der Waals surface area contributed by atoms with Crippen LogP contribution in [0.15, 0.2) is 64.5 Å². The maximum Gasteiger partial charge on any atom is 0.341 e. The van der Waals surface area contributed by atoms with Crippen molar-refractivity contribution in [2.45, 2.75) is 37.8 Å². The number of methoxy groups -OCH3 is 1. The summed E-state index contributed by atoms with van der Waals surface area (Å²) in [5.74, 6) is 0.356. The molecule has 1 atom stereocenters. The van der Waals surface area contributed by atoms with Crippen molar-refractivity contribution in [3.05, 3.63) is 81.0 Å². The van der Waals surface area contributed by atoms with E-state index >= 15 is 0 Å². The Morgan fingerprint density at radius 2 is 1.92 bits per heavy atom. The van der Waals surface area contributed by atoms with Crippen LogP contribution >= 0.6 is 23.1 Å². The molecule has 0 bridgehead atoms. The number of nitrogens with one attached hydrogen (secondary N) is 1. The predicted octanol–water partition coefficient (Wildman–Crippen LogP) is 5.48. The zero-order chi connectivity index (χ0) is 25.9. The number of carbonyl (C=O) groups excluding carboxylic acids is 2. The van der Waals surface area contributed by atoms with E-state index in [4.69, 9.17) is 9.72 Å². The molecular weight excluding hydrogens is 506 g/mol.